The number of hydrogen-bond donors (Lipinski definition) is 0. The van der Waals surface area contributed by atoms with Gasteiger partial charge in [-0.3, -0.25) is 4.18 Å². The Hall–Kier alpha value is -0.520. The topological polar surface area (TPSA) is 43.4 Å². The molecule has 1 heterocycles. The van der Waals surface area contributed by atoms with Gasteiger partial charge >= 0.3 is 0 Å². The molecular weight excluding hydrogens is 244 g/mol. The Bertz CT molecular complexity index is 468. The van der Waals surface area contributed by atoms with E-state index in [2.05, 4.69) is 0 Å². The van der Waals surface area contributed by atoms with Crippen molar-refractivity contribution < 1.29 is 12.6 Å². The van der Waals surface area contributed by atoms with Crippen LogP contribution in [-0.4, -0.2) is 26.2 Å². The van der Waals surface area contributed by atoms with E-state index in [-0.39, 0.29) is 6.10 Å². The van der Waals surface area contributed by atoms with Crippen LogP contribution in [-0.2, 0) is 20.7 Å². The van der Waals surface area contributed by atoms with E-state index in [4.69, 9.17) is 4.18 Å². The molecule has 1 aromatic carbocycles. The van der Waals surface area contributed by atoms with Crippen molar-refractivity contribution in [2.75, 3.05) is 17.8 Å². The van der Waals surface area contributed by atoms with Crippen molar-refractivity contribution >= 4 is 21.9 Å². The first kappa shape index (κ1) is 12.0. The number of rotatable bonds is 2. The van der Waals surface area contributed by atoms with E-state index in [0.717, 1.165) is 24.0 Å². The van der Waals surface area contributed by atoms with Crippen molar-refractivity contribution in [1.29, 1.82) is 0 Å². The normalized spacial score (nSPS) is 21.2. The van der Waals surface area contributed by atoms with Crippen LogP contribution in [0.1, 0.15) is 17.2 Å². The average molecular weight is 258 g/mol. The molecule has 5 heteroatoms. The van der Waals surface area contributed by atoms with Crippen LogP contribution in [0.3, 0.4) is 0 Å². The molecular formula is C11H14O3S2. The highest BCUT2D eigenvalue weighted by molar-refractivity contribution is 7.99. The lowest BCUT2D eigenvalue weighted by Crippen LogP contribution is -2.13. The summed E-state index contributed by atoms with van der Waals surface area (Å²) in [5.74, 6) is 1.71. The van der Waals surface area contributed by atoms with Crippen LogP contribution in [0, 0.1) is 0 Å². The molecule has 0 bridgehead atoms. The first-order valence-electron chi connectivity index (χ1n) is 5.10. The third-order valence-corrected chi connectivity index (χ3v) is 4.09. The van der Waals surface area contributed by atoms with Gasteiger partial charge in [-0.2, -0.15) is 20.2 Å². The van der Waals surface area contributed by atoms with Gasteiger partial charge in [0.05, 0.1) is 6.26 Å². The van der Waals surface area contributed by atoms with E-state index in [1.807, 2.05) is 24.3 Å². The van der Waals surface area contributed by atoms with Gasteiger partial charge in [-0.25, -0.2) is 0 Å². The highest BCUT2D eigenvalue weighted by Crippen LogP contribution is 2.30. The van der Waals surface area contributed by atoms with Crippen molar-refractivity contribution in [3.63, 3.8) is 0 Å². The van der Waals surface area contributed by atoms with Crippen molar-refractivity contribution in [2.24, 2.45) is 0 Å². The molecule has 0 fully saturated rings. The van der Waals surface area contributed by atoms with E-state index in [0.29, 0.717) is 5.75 Å². The lowest BCUT2D eigenvalue weighted by Gasteiger charge is -2.16. The Morgan fingerprint density at radius 1 is 1.38 bits per heavy atom. The van der Waals surface area contributed by atoms with Crippen molar-refractivity contribution in [1.82, 2.24) is 0 Å². The minimum atomic E-state index is -3.40. The fourth-order valence-corrected chi connectivity index (χ4v) is 3.50. The van der Waals surface area contributed by atoms with Gasteiger partial charge in [0.1, 0.15) is 6.10 Å². The molecule has 0 spiro atoms. The second-order valence-electron chi connectivity index (χ2n) is 3.81. The summed E-state index contributed by atoms with van der Waals surface area (Å²) in [4.78, 5) is 0. The fourth-order valence-electron chi connectivity index (χ4n) is 1.83. The molecule has 0 amide bonds. The first-order chi connectivity index (χ1) is 7.56. The maximum absolute atomic E-state index is 11.2. The largest absolute Gasteiger partial charge is 0.265 e. The minimum absolute atomic E-state index is 0.335. The van der Waals surface area contributed by atoms with Crippen LogP contribution in [0.25, 0.3) is 0 Å². The van der Waals surface area contributed by atoms with Gasteiger partial charge in [-0.15, -0.1) is 0 Å². The molecule has 1 atom stereocenters. The third-order valence-electron chi connectivity index (χ3n) is 2.48. The Morgan fingerprint density at radius 2 is 2.12 bits per heavy atom. The van der Waals surface area contributed by atoms with Gasteiger partial charge in [0.15, 0.2) is 0 Å². The van der Waals surface area contributed by atoms with Gasteiger partial charge in [0.2, 0.25) is 0 Å². The number of benzene rings is 1. The summed E-state index contributed by atoms with van der Waals surface area (Å²) in [5.41, 5.74) is 2.21. The van der Waals surface area contributed by atoms with Gasteiger partial charge < -0.3 is 0 Å². The number of hydrogen-bond acceptors (Lipinski definition) is 4. The minimum Gasteiger partial charge on any atom is -0.261 e. The van der Waals surface area contributed by atoms with Gasteiger partial charge in [-0.05, 0) is 23.3 Å². The molecule has 0 aromatic heterocycles. The number of thioether (sulfide) groups is 1. The fraction of sp³-hybridized carbons (Fsp3) is 0.455. The summed E-state index contributed by atoms with van der Waals surface area (Å²) in [7, 11) is -3.40. The standard InChI is InChI=1S/C11H14O3S2/c1-16(12,13)14-11-8-15-7-6-9-4-2-3-5-10(9)11/h2-5,11H,6-8H2,1H3. The third kappa shape index (κ3) is 2.99. The van der Waals surface area contributed by atoms with Gasteiger partial charge in [0.25, 0.3) is 10.1 Å². The molecule has 1 aromatic rings. The Balaban J connectivity index is 2.32. The molecule has 0 radical (unpaired) electrons. The van der Waals surface area contributed by atoms with Crippen LogP contribution in [0.2, 0.25) is 0 Å². The molecule has 1 aliphatic heterocycles. The summed E-state index contributed by atoms with van der Waals surface area (Å²) in [5, 5.41) is 0. The summed E-state index contributed by atoms with van der Waals surface area (Å²) < 4.78 is 27.5. The van der Waals surface area contributed by atoms with Crippen LogP contribution in [0.4, 0.5) is 0 Å². The maximum Gasteiger partial charge on any atom is 0.265 e. The molecule has 0 saturated carbocycles. The van der Waals surface area contributed by atoms with Crippen LogP contribution >= 0.6 is 11.8 Å². The molecule has 0 aliphatic carbocycles. The van der Waals surface area contributed by atoms with E-state index in [1.165, 1.54) is 5.56 Å². The summed E-state index contributed by atoms with van der Waals surface area (Å²) in [6.45, 7) is 0. The summed E-state index contributed by atoms with van der Waals surface area (Å²) in [6.07, 6.45) is 1.74. The zero-order valence-corrected chi connectivity index (χ0v) is 10.7. The predicted octanol–water partition coefficient (Wildman–Crippen LogP) is 1.99. The van der Waals surface area contributed by atoms with Crippen molar-refractivity contribution in [3.05, 3.63) is 35.4 Å². The molecule has 0 saturated heterocycles. The zero-order valence-electron chi connectivity index (χ0n) is 9.05. The Kier molecular flexibility index (Phi) is 3.56. The van der Waals surface area contributed by atoms with E-state index >= 15 is 0 Å². The second-order valence-corrected chi connectivity index (χ2v) is 6.56. The van der Waals surface area contributed by atoms with Crippen LogP contribution in [0.5, 0.6) is 0 Å². The molecule has 16 heavy (non-hydrogen) atoms. The number of aryl methyl sites for hydroxylation is 1. The van der Waals surface area contributed by atoms with Gasteiger partial charge in [0, 0.05) is 5.75 Å². The van der Waals surface area contributed by atoms with Gasteiger partial charge in [-0.1, -0.05) is 24.3 Å². The van der Waals surface area contributed by atoms with E-state index < -0.39 is 10.1 Å². The quantitative estimate of drug-likeness (QED) is 0.761. The first-order valence-corrected chi connectivity index (χ1v) is 8.07. The SMILES string of the molecule is CS(=O)(=O)OC1CSCCc2ccccc21. The van der Waals surface area contributed by atoms with Crippen molar-refractivity contribution in [3.8, 4) is 0 Å². The second kappa shape index (κ2) is 4.77. The summed E-state index contributed by atoms with van der Waals surface area (Å²) >= 11 is 1.73. The Morgan fingerprint density at radius 3 is 2.88 bits per heavy atom. The highest BCUT2D eigenvalue weighted by atomic mass is 32.2. The monoisotopic (exact) mass is 258 g/mol. The average Bonchev–Trinajstić information content (AvgIpc) is 2.39. The van der Waals surface area contributed by atoms with Crippen LogP contribution < -0.4 is 0 Å². The zero-order chi connectivity index (χ0) is 11.6. The predicted molar refractivity (Wildman–Crippen MR) is 66.1 cm³/mol. The number of fused-ring (bicyclic) bond motifs is 1. The molecule has 1 aliphatic rings. The lowest BCUT2D eigenvalue weighted by molar-refractivity contribution is 0.241. The highest BCUT2D eigenvalue weighted by Gasteiger charge is 2.22. The van der Waals surface area contributed by atoms with E-state index in [1.54, 1.807) is 11.8 Å². The molecule has 2 rings (SSSR count). The van der Waals surface area contributed by atoms with Crippen LogP contribution in [0.15, 0.2) is 24.3 Å². The maximum atomic E-state index is 11.2. The molecule has 88 valence electrons. The summed E-state index contributed by atoms with van der Waals surface area (Å²) in [6, 6.07) is 7.90. The lowest BCUT2D eigenvalue weighted by atomic mass is 10.0. The van der Waals surface area contributed by atoms with Crippen molar-refractivity contribution in [2.45, 2.75) is 12.5 Å². The molecule has 0 N–H and O–H groups in total. The smallest absolute Gasteiger partial charge is 0.261 e. The molecule has 1 unspecified atom stereocenters. The Labute approximate surface area is 100 Å². The van der Waals surface area contributed by atoms with E-state index in [9.17, 15) is 8.42 Å². The molecule has 3 nitrogen and oxygen atoms in total.